The Morgan fingerprint density at radius 1 is 1.18 bits per heavy atom. The molecule has 4 unspecified atom stereocenters. The molecule has 0 aromatic heterocycles. The van der Waals surface area contributed by atoms with E-state index < -0.39 is 0 Å². The topological polar surface area (TPSA) is 21.8 Å². The molecule has 2 aliphatic heterocycles. The van der Waals surface area contributed by atoms with E-state index in [9.17, 15) is 0 Å². The number of ether oxygens (including phenoxy) is 2. The fourth-order valence-electron chi connectivity index (χ4n) is 4.79. The fraction of sp³-hybridized carbons (Fsp3) is 0.867. The number of epoxide rings is 1. The lowest BCUT2D eigenvalue weighted by molar-refractivity contribution is -0.0275. The van der Waals surface area contributed by atoms with Crippen LogP contribution in [0.1, 0.15) is 52.9 Å². The number of fused-ring (bicyclic) bond motifs is 2. The first-order valence-electron chi connectivity index (χ1n) is 7.03. The highest BCUT2D eigenvalue weighted by molar-refractivity contribution is 5.40. The zero-order valence-corrected chi connectivity index (χ0v) is 11.1. The smallest absolute Gasteiger partial charge is 0.130 e. The van der Waals surface area contributed by atoms with E-state index in [2.05, 4.69) is 20.8 Å². The minimum absolute atomic E-state index is 0.0315. The minimum atomic E-state index is 0.0315. The van der Waals surface area contributed by atoms with Crippen LogP contribution in [0, 0.1) is 5.41 Å². The van der Waals surface area contributed by atoms with Crippen LogP contribution >= 0.6 is 0 Å². The highest BCUT2D eigenvalue weighted by Crippen LogP contribution is 2.67. The van der Waals surface area contributed by atoms with Crippen molar-refractivity contribution < 1.29 is 9.47 Å². The molecule has 17 heavy (non-hydrogen) atoms. The van der Waals surface area contributed by atoms with Crippen molar-refractivity contribution in [2.45, 2.75) is 70.2 Å². The second-order valence-electron chi connectivity index (χ2n) is 7.02. The largest absolute Gasteiger partial charge is 0.368 e. The Morgan fingerprint density at radius 2 is 2.00 bits per heavy atom. The van der Waals surface area contributed by atoms with E-state index in [-0.39, 0.29) is 17.3 Å². The van der Waals surface area contributed by atoms with Crippen LogP contribution in [-0.2, 0) is 9.47 Å². The van der Waals surface area contributed by atoms with E-state index in [1.807, 2.05) is 0 Å². The summed E-state index contributed by atoms with van der Waals surface area (Å²) in [5.74, 6) is 0. The fourth-order valence-corrected chi connectivity index (χ4v) is 4.79. The van der Waals surface area contributed by atoms with Crippen molar-refractivity contribution in [1.82, 2.24) is 0 Å². The van der Waals surface area contributed by atoms with Gasteiger partial charge in [-0.25, -0.2) is 0 Å². The number of hydrogen-bond acceptors (Lipinski definition) is 2. The monoisotopic (exact) mass is 234 g/mol. The standard InChI is InChI=1S/C15H22O2/c1-10-5-4-6-13(2)7-8-15-12(11(10)13)16-9-14(15,3)17-15/h12H,4-9H2,1-3H3. The van der Waals surface area contributed by atoms with Crippen LogP contribution in [0.15, 0.2) is 11.1 Å². The van der Waals surface area contributed by atoms with E-state index in [0.29, 0.717) is 5.41 Å². The molecule has 0 aromatic carbocycles. The van der Waals surface area contributed by atoms with Gasteiger partial charge in [-0.3, -0.25) is 0 Å². The molecule has 4 aliphatic rings. The third kappa shape index (κ3) is 1.05. The zero-order chi connectivity index (χ0) is 11.9. The normalized spacial score (nSPS) is 56.3. The summed E-state index contributed by atoms with van der Waals surface area (Å²) in [5, 5.41) is 0. The second kappa shape index (κ2) is 2.80. The predicted octanol–water partition coefficient (Wildman–Crippen LogP) is 3.21. The molecule has 94 valence electrons. The van der Waals surface area contributed by atoms with Crippen LogP contribution in [0.3, 0.4) is 0 Å². The van der Waals surface area contributed by atoms with Gasteiger partial charge in [0.2, 0.25) is 0 Å². The van der Waals surface area contributed by atoms with Crippen LogP contribution in [0.25, 0.3) is 0 Å². The predicted molar refractivity (Wildman–Crippen MR) is 65.9 cm³/mol. The molecule has 2 heterocycles. The van der Waals surface area contributed by atoms with Gasteiger partial charge in [0.25, 0.3) is 0 Å². The lowest BCUT2D eigenvalue weighted by Crippen LogP contribution is -2.45. The summed E-state index contributed by atoms with van der Waals surface area (Å²) < 4.78 is 12.2. The lowest BCUT2D eigenvalue weighted by atomic mass is 9.59. The molecular weight excluding hydrogens is 212 g/mol. The van der Waals surface area contributed by atoms with Gasteiger partial charge in [0.1, 0.15) is 17.3 Å². The Bertz CT molecular complexity index is 427. The molecule has 0 aromatic rings. The molecule has 2 aliphatic carbocycles. The summed E-state index contributed by atoms with van der Waals surface area (Å²) in [6, 6.07) is 0. The van der Waals surface area contributed by atoms with Crippen molar-refractivity contribution in [2.75, 3.05) is 6.61 Å². The lowest BCUT2D eigenvalue weighted by Gasteiger charge is -2.46. The van der Waals surface area contributed by atoms with E-state index >= 15 is 0 Å². The van der Waals surface area contributed by atoms with Crippen LogP contribution in [0.4, 0.5) is 0 Å². The van der Waals surface area contributed by atoms with Gasteiger partial charge in [0.15, 0.2) is 0 Å². The number of rotatable bonds is 0. The molecule has 1 saturated carbocycles. The molecule has 2 heteroatoms. The molecule has 4 rings (SSSR count). The minimum Gasteiger partial charge on any atom is -0.368 e. The summed E-state index contributed by atoms with van der Waals surface area (Å²) in [5.41, 5.74) is 3.68. The summed E-state index contributed by atoms with van der Waals surface area (Å²) in [4.78, 5) is 0. The number of allylic oxidation sites excluding steroid dienone is 1. The molecule has 0 N–H and O–H groups in total. The third-order valence-corrected chi connectivity index (χ3v) is 5.91. The van der Waals surface area contributed by atoms with Crippen molar-refractivity contribution in [3.63, 3.8) is 0 Å². The summed E-state index contributed by atoms with van der Waals surface area (Å²) in [6.45, 7) is 7.78. The molecule has 2 nitrogen and oxygen atoms in total. The first-order chi connectivity index (χ1) is 8.01. The van der Waals surface area contributed by atoms with Crippen molar-refractivity contribution in [2.24, 2.45) is 5.41 Å². The van der Waals surface area contributed by atoms with Gasteiger partial charge in [-0.15, -0.1) is 0 Å². The van der Waals surface area contributed by atoms with E-state index in [0.717, 1.165) is 6.61 Å². The van der Waals surface area contributed by atoms with Crippen LogP contribution in [0.2, 0.25) is 0 Å². The maximum Gasteiger partial charge on any atom is 0.130 e. The quantitative estimate of drug-likeness (QED) is 0.474. The Balaban J connectivity index is 1.83. The van der Waals surface area contributed by atoms with Gasteiger partial charge in [0.05, 0.1) is 6.61 Å². The first kappa shape index (κ1) is 10.6. The molecule has 2 saturated heterocycles. The molecule has 3 fully saturated rings. The van der Waals surface area contributed by atoms with Gasteiger partial charge < -0.3 is 9.47 Å². The zero-order valence-electron chi connectivity index (χ0n) is 11.1. The van der Waals surface area contributed by atoms with Crippen LogP contribution in [0.5, 0.6) is 0 Å². The maximum absolute atomic E-state index is 6.13. The highest BCUT2D eigenvalue weighted by Gasteiger charge is 2.78. The van der Waals surface area contributed by atoms with Crippen molar-refractivity contribution >= 4 is 0 Å². The van der Waals surface area contributed by atoms with Gasteiger partial charge >= 0.3 is 0 Å². The Morgan fingerprint density at radius 3 is 2.76 bits per heavy atom. The SMILES string of the molecule is CC1=C2C3OCC4(C)OC34CCC2(C)CCC1. The van der Waals surface area contributed by atoms with Gasteiger partial charge in [-0.1, -0.05) is 12.5 Å². The highest BCUT2D eigenvalue weighted by atomic mass is 16.7. The van der Waals surface area contributed by atoms with E-state index in [1.54, 1.807) is 11.1 Å². The molecule has 1 spiro atoms. The Labute approximate surface area is 103 Å². The molecule has 0 bridgehead atoms. The summed E-state index contributed by atoms with van der Waals surface area (Å²) in [6.07, 6.45) is 6.70. The van der Waals surface area contributed by atoms with Gasteiger partial charge in [0, 0.05) is 0 Å². The molecule has 4 atom stereocenters. The van der Waals surface area contributed by atoms with Crippen molar-refractivity contribution in [1.29, 1.82) is 0 Å². The van der Waals surface area contributed by atoms with Crippen molar-refractivity contribution in [3.8, 4) is 0 Å². The van der Waals surface area contributed by atoms with Gasteiger partial charge in [-0.05, 0) is 56.9 Å². The summed E-state index contributed by atoms with van der Waals surface area (Å²) in [7, 11) is 0. The average molecular weight is 234 g/mol. The molecular formula is C15H22O2. The van der Waals surface area contributed by atoms with Crippen molar-refractivity contribution in [3.05, 3.63) is 11.1 Å². The van der Waals surface area contributed by atoms with Gasteiger partial charge in [-0.2, -0.15) is 0 Å². The Kier molecular flexibility index (Phi) is 1.74. The van der Waals surface area contributed by atoms with Crippen LogP contribution < -0.4 is 0 Å². The van der Waals surface area contributed by atoms with E-state index in [1.165, 1.54) is 32.1 Å². The first-order valence-corrected chi connectivity index (χ1v) is 7.03. The average Bonchev–Trinajstić information content (AvgIpc) is 2.76. The van der Waals surface area contributed by atoms with E-state index in [4.69, 9.17) is 9.47 Å². The third-order valence-electron chi connectivity index (χ3n) is 5.91. The molecule has 0 amide bonds. The molecule has 0 radical (unpaired) electrons. The maximum atomic E-state index is 6.13. The summed E-state index contributed by atoms with van der Waals surface area (Å²) >= 11 is 0. The van der Waals surface area contributed by atoms with Crippen LogP contribution in [-0.4, -0.2) is 23.9 Å². The second-order valence-corrected chi connectivity index (χ2v) is 7.02. The number of hydrogen-bond donors (Lipinski definition) is 0. The Hall–Kier alpha value is -0.340.